The van der Waals surface area contributed by atoms with Gasteiger partial charge >= 0.3 is 0 Å². The summed E-state index contributed by atoms with van der Waals surface area (Å²) in [6.45, 7) is 9.56. The van der Waals surface area contributed by atoms with E-state index in [1.165, 1.54) is 0 Å². The molecule has 2 unspecified atom stereocenters. The molecule has 0 saturated carbocycles. The second-order valence-corrected chi connectivity index (χ2v) is 4.74. The van der Waals surface area contributed by atoms with Crippen LogP contribution in [-0.4, -0.2) is 22.6 Å². The number of aromatic nitrogens is 2. The summed E-state index contributed by atoms with van der Waals surface area (Å²) in [7, 11) is 0. The van der Waals surface area contributed by atoms with Gasteiger partial charge in [0.1, 0.15) is 11.6 Å². The highest BCUT2D eigenvalue weighted by Crippen LogP contribution is 2.16. The molecule has 1 aromatic rings. The molecule has 102 valence electrons. The highest BCUT2D eigenvalue weighted by Gasteiger charge is 2.11. The molecule has 5 nitrogen and oxygen atoms in total. The Kier molecular flexibility index (Phi) is 5.68. The summed E-state index contributed by atoms with van der Waals surface area (Å²) in [5.41, 5.74) is 5.71. The summed E-state index contributed by atoms with van der Waals surface area (Å²) in [5.74, 6) is 2.46. The van der Waals surface area contributed by atoms with Crippen molar-refractivity contribution in [3.05, 3.63) is 6.07 Å². The van der Waals surface area contributed by atoms with Crippen molar-refractivity contribution in [3.8, 4) is 0 Å². The second kappa shape index (κ2) is 7.03. The van der Waals surface area contributed by atoms with Crippen LogP contribution in [0.3, 0.4) is 0 Å². The van der Waals surface area contributed by atoms with Crippen LogP contribution >= 0.6 is 0 Å². The Labute approximate surface area is 110 Å². The van der Waals surface area contributed by atoms with Crippen LogP contribution < -0.4 is 16.4 Å². The minimum atomic E-state index is 0.301. The molecule has 5 heteroatoms. The van der Waals surface area contributed by atoms with Crippen molar-refractivity contribution in [2.45, 2.75) is 46.6 Å². The zero-order chi connectivity index (χ0) is 13.5. The first-order chi connectivity index (χ1) is 8.56. The maximum atomic E-state index is 5.71. The van der Waals surface area contributed by atoms with E-state index in [4.69, 9.17) is 5.73 Å². The molecule has 0 fully saturated rings. The topological polar surface area (TPSA) is 75.9 Å². The molecule has 0 amide bonds. The average molecular weight is 251 g/mol. The van der Waals surface area contributed by atoms with Crippen molar-refractivity contribution in [3.63, 3.8) is 0 Å². The molecule has 2 atom stereocenters. The number of hydrogen-bond acceptors (Lipinski definition) is 5. The molecular weight excluding hydrogens is 226 g/mol. The largest absolute Gasteiger partial charge is 0.370 e. The number of rotatable bonds is 7. The monoisotopic (exact) mass is 251 g/mol. The molecule has 18 heavy (non-hydrogen) atoms. The standard InChI is InChI=1S/C13H25N5/c1-5-7-15-11-8-12(18-13(14)17-11)16-10(4)9(3)6-2/h8-10H,5-7H2,1-4H3,(H4,14,15,16,17,18). The van der Waals surface area contributed by atoms with Gasteiger partial charge in [0.25, 0.3) is 0 Å². The van der Waals surface area contributed by atoms with E-state index in [2.05, 4.69) is 48.3 Å². The van der Waals surface area contributed by atoms with Gasteiger partial charge < -0.3 is 16.4 Å². The predicted molar refractivity (Wildman–Crippen MR) is 77.8 cm³/mol. The van der Waals surface area contributed by atoms with E-state index in [-0.39, 0.29) is 0 Å². The minimum Gasteiger partial charge on any atom is -0.370 e. The highest BCUT2D eigenvalue weighted by molar-refractivity contribution is 5.51. The van der Waals surface area contributed by atoms with E-state index in [0.29, 0.717) is 17.9 Å². The summed E-state index contributed by atoms with van der Waals surface area (Å²) in [6.07, 6.45) is 2.19. The molecule has 1 heterocycles. The molecule has 0 spiro atoms. The number of nitrogens with one attached hydrogen (secondary N) is 2. The lowest BCUT2D eigenvalue weighted by Gasteiger charge is -2.20. The fourth-order valence-corrected chi connectivity index (χ4v) is 1.61. The van der Waals surface area contributed by atoms with E-state index in [1.807, 2.05) is 6.07 Å². The van der Waals surface area contributed by atoms with Gasteiger partial charge in [-0.05, 0) is 19.3 Å². The van der Waals surface area contributed by atoms with Gasteiger partial charge in [0.05, 0.1) is 0 Å². The highest BCUT2D eigenvalue weighted by atomic mass is 15.1. The third kappa shape index (κ3) is 4.39. The van der Waals surface area contributed by atoms with E-state index in [0.717, 1.165) is 31.0 Å². The van der Waals surface area contributed by atoms with Crippen molar-refractivity contribution < 1.29 is 0 Å². The lowest BCUT2D eigenvalue weighted by Crippen LogP contribution is -2.24. The number of nitrogen functional groups attached to an aromatic ring is 1. The molecule has 1 aromatic heterocycles. The maximum absolute atomic E-state index is 5.71. The molecule has 0 aliphatic carbocycles. The zero-order valence-corrected chi connectivity index (χ0v) is 11.8. The van der Waals surface area contributed by atoms with Crippen molar-refractivity contribution in [2.24, 2.45) is 5.92 Å². The van der Waals surface area contributed by atoms with Gasteiger partial charge in [-0.3, -0.25) is 0 Å². The predicted octanol–water partition coefficient (Wildman–Crippen LogP) is 2.73. The Bertz CT molecular complexity index is 366. The van der Waals surface area contributed by atoms with Crippen LogP contribution in [-0.2, 0) is 0 Å². The number of nitrogens with two attached hydrogens (primary N) is 1. The Balaban J connectivity index is 2.73. The Morgan fingerprint density at radius 1 is 1.22 bits per heavy atom. The normalized spacial score (nSPS) is 14.0. The van der Waals surface area contributed by atoms with Crippen LogP contribution in [0.4, 0.5) is 17.6 Å². The Hall–Kier alpha value is -1.52. The van der Waals surface area contributed by atoms with Gasteiger partial charge in [-0.1, -0.05) is 27.2 Å². The quantitative estimate of drug-likeness (QED) is 0.694. The van der Waals surface area contributed by atoms with Crippen molar-refractivity contribution in [1.82, 2.24) is 9.97 Å². The summed E-state index contributed by atoms with van der Waals surface area (Å²) in [5, 5.41) is 6.60. The summed E-state index contributed by atoms with van der Waals surface area (Å²) in [6, 6.07) is 2.27. The molecule has 0 aliphatic heterocycles. The molecule has 4 N–H and O–H groups in total. The van der Waals surface area contributed by atoms with E-state index in [1.54, 1.807) is 0 Å². The number of anilines is 3. The van der Waals surface area contributed by atoms with Crippen LogP contribution in [0.5, 0.6) is 0 Å². The molecule has 0 radical (unpaired) electrons. The SMILES string of the molecule is CCCNc1cc(NC(C)C(C)CC)nc(N)n1. The fourth-order valence-electron chi connectivity index (χ4n) is 1.61. The van der Waals surface area contributed by atoms with Crippen molar-refractivity contribution >= 4 is 17.6 Å². The van der Waals surface area contributed by atoms with Crippen molar-refractivity contribution in [1.29, 1.82) is 0 Å². The summed E-state index contributed by atoms with van der Waals surface area (Å²) >= 11 is 0. The van der Waals surface area contributed by atoms with E-state index in [9.17, 15) is 0 Å². The van der Waals surface area contributed by atoms with Gasteiger partial charge in [-0.15, -0.1) is 0 Å². The maximum Gasteiger partial charge on any atom is 0.223 e. The van der Waals surface area contributed by atoms with E-state index >= 15 is 0 Å². The third-order valence-electron chi connectivity index (χ3n) is 3.17. The molecule has 0 aliphatic rings. The first kappa shape index (κ1) is 14.5. The molecular formula is C13H25N5. The van der Waals surface area contributed by atoms with Crippen LogP contribution in [0.15, 0.2) is 6.07 Å². The smallest absolute Gasteiger partial charge is 0.223 e. The first-order valence-corrected chi connectivity index (χ1v) is 6.71. The van der Waals surface area contributed by atoms with Gasteiger partial charge in [0.2, 0.25) is 5.95 Å². The molecule has 0 bridgehead atoms. The Morgan fingerprint density at radius 2 is 1.89 bits per heavy atom. The second-order valence-electron chi connectivity index (χ2n) is 4.74. The van der Waals surface area contributed by atoms with Crippen LogP contribution in [0.2, 0.25) is 0 Å². The minimum absolute atomic E-state index is 0.301. The lowest BCUT2D eigenvalue weighted by molar-refractivity contribution is 0.493. The molecule has 1 rings (SSSR count). The zero-order valence-electron chi connectivity index (χ0n) is 11.8. The lowest BCUT2D eigenvalue weighted by atomic mass is 10.0. The first-order valence-electron chi connectivity index (χ1n) is 6.71. The number of nitrogens with zero attached hydrogens (tertiary/aromatic N) is 2. The third-order valence-corrected chi connectivity index (χ3v) is 3.17. The van der Waals surface area contributed by atoms with Gasteiger partial charge in [-0.2, -0.15) is 9.97 Å². The summed E-state index contributed by atoms with van der Waals surface area (Å²) in [4.78, 5) is 8.37. The average Bonchev–Trinajstić information content (AvgIpc) is 2.34. The summed E-state index contributed by atoms with van der Waals surface area (Å²) < 4.78 is 0. The van der Waals surface area contributed by atoms with Gasteiger partial charge in [-0.25, -0.2) is 0 Å². The van der Waals surface area contributed by atoms with Gasteiger partial charge in [0, 0.05) is 18.7 Å². The number of hydrogen-bond donors (Lipinski definition) is 3. The van der Waals surface area contributed by atoms with E-state index < -0.39 is 0 Å². The Morgan fingerprint density at radius 3 is 2.50 bits per heavy atom. The molecule has 0 aromatic carbocycles. The van der Waals surface area contributed by atoms with Crippen LogP contribution in [0.25, 0.3) is 0 Å². The molecule has 0 saturated heterocycles. The van der Waals surface area contributed by atoms with Crippen molar-refractivity contribution in [2.75, 3.05) is 22.9 Å². The van der Waals surface area contributed by atoms with Crippen LogP contribution in [0.1, 0.15) is 40.5 Å². The fraction of sp³-hybridized carbons (Fsp3) is 0.692. The van der Waals surface area contributed by atoms with Gasteiger partial charge in [0.15, 0.2) is 0 Å². The van der Waals surface area contributed by atoms with Crippen LogP contribution in [0, 0.1) is 5.92 Å².